The third-order valence-corrected chi connectivity index (χ3v) is 4.28. The molecular weight excluding hydrogens is 366 g/mol. The largest absolute Gasteiger partial charge is 0.497 e. The van der Waals surface area contributed by atoms with E-state index >= 15 is 0 Å². The lowest BCUT2D eigenvalue weighted by Crippen LogP contribution is -1.98. The lowest BCUT2D eigenvalue weighted by atomic mass is 10.1. The van der Waals surface area contributed by atoms with Crippen LogP contribution >= 0.6 is 11.6 Å². The highest BCUT2D eigenvalue weighted by atomic mass is 35.5. The molecule has 0 spiro atoms. The first kappa shape index (κ1) is 17.3. The van der Waals surface area contributed by atoms with Crippen molar-refractivity contribution >= 4 is 22.5 Å². The minimum Gasteiger partial charge on any atom is -0.497 e. The highest BCUT2D eigenvalue weighted by Gasteiger charge is 2.17. The summed E-state index contributed by atoms with van der Waals surface area (Å²) >= 11 is 5.93. The van der Waals surface area contributed by atoms with Gasteiger partial charge in [0, 0.05) is 16.0 Å². The molecular formula is C20H16ClN3O3. The van der Waals surface area contributed by atoms with Gasteiger partial charge in [-0.3, -0.25) is 0 Å². The predicted octanol–water partition coefficient (Wildman–Crippen LogP) is 5.01. The molecule has 2 heterocycles. The fraction of sp³-hybridized carbons (Fsp3) is 0.150. The maximum absolute atomic E-state index is 5.93. The Morgan fingerprint density at radius 3 is 2.59 bits per heavy atom. The Morgan fingerprint density at radius 2 is 1.85 bits per heavy atom. The van der Waals surface area contributed by atoms with Crippen molar-refractivity contribution in [2.24, 2.45) is 0 Å². The van der Waals surface area contributed by atoms with E-state index in [9.17, 15) is 0 Å². The van der Waals surface area contributed by atoms with Gasteiger partial charge >= 0.3 is 0 Å². The summed E-state index contributed by atoms with van der Waals surface area (Å²) in [6, 6.07) is 14.8. The molecule has 0 atom stereocenters. The number of hydrogen-bond acceptors (Lipinski definition) is 6. The topological polar surface area (TPSA) is 70.3 Å². The summed E-state index contributed by atoms with van der Waals surface area (Å²) in [5, 5.41) is 5.64. The molecule has 6 nitrogen and oxygen atoms in total. The quantitative estimate of drug-likeness (QED) is 0.483. The van der Waals surface area contributed by atoms with Crippen LogP contribution in [0.4, 0.5) is 0 Å². The molecule has 4 aromatic rings. The first-order valence-corrected chi connectivity index (χ1v) is 8.77. The molecule has 0 aliphatic heterocycles. The summed E-state index contributed by atoms with van der Waals surface area (Å²) < 4.78 is 16.4. The summed E-state index contributed by atoms with van der Waals surface area (Å²) in [6.45, 7) is 2.38. The van der Waals surface area contributed by atoms with Crippen molar-refractivity contribution in [2.75, 3.05) is 13.7 Å². The van der Waals surface area contributed by atoms with Crippen LogP contribution in [0.25, 0.3) is 33.7 Å². The third-order valence-electron chi connectivity index (χ3n) is 4.03. The molecule has 0 aliphatic carbocycles. The minimum absolute atomic E-state index is 0.398. The van der Waals surface area contributed by atoms with E-state index in [1.807, 2.05) is 43.3 Å². The van der Waals surface area contributed by atoms with Gasteiger partial charge in [0.2, 0.25) is 11.7 Å². The molecule has 136 valence electrons. The number of fused-ring (bicyclic) bond motifs is 1. The number of ether oxygens (including phenoxy) is 2. The van der Waals surface area contributed by atoms with Gasteiger partial charge in [-0.05, 0) is 55.5 Å². The average Bonchev–Trinajstić information content (AvgIpc) is 3.18. The van der Waals surface area contributed by atoms with Crippen molar-refractivity contribution in [3.63, 3.8) is 0 Å². The summed E-state index contributed by atoms with van der Waals surface area (Å²) in [4.78, 5) is 9.09. The van der Waals surface area contributed by atoms with Gasteiger partial charge < -0.3 is 14.0 Å². The van der Waals surface area contributed by atoms with Crippen molar-refractivity contribution in [1.82, 2.24) is 15.1 Å². The number of rotatable bonds is 5. The van der Waals surface area contributed by atoms with Gasteiger partial charge in [-0.2, -0.15) is 4.98 Å². The molecule has 2 aromatic heterocycles. The van der Waals surface area contributed by atoms with Crippen LogP contribution in [0.3, 0.4) is 0 Å². The van der Waals surface area contributed by atoms with Crippen molar-refractivity contribution in [3.8, 4) is 34.5 Å². The highest BCUT2D eigenvalue weighted by molar-refractivity contribution is 6.30. The van der Waals surface area contributed by atoms with E-state index in [-0.39, 0.29) is 0 Å². The molecule has 0 amide bonds. The molecule has 7 heteroatoms. The number of nitrogens with zero attached hydrogens (tertiary/aromatic N) is 3. The van der Waals surface area contributed by atoms with Gasteiger partial charge in [-0.1, -0.05) is 16.8 Å². The van der Waals surface area contributed by atoms with Crippen molar-refractivity contribution < 1.29 is 14.0 Å². The summed E-state index contributed by atoms with van der Waals surface area (Å²) in [6.07, 6.45) is 0. The SMILES string of the molecule is CCOc1nc2ccc(OC)cc2cc1-c1noc(-c2ccc(Cl)cc2)n1. The zero-order chi connectivity index (χ0) is 18.8. The number of pyridine rings is 1. The number of halogens is 1. The van der Waals surface area contributed by atoms with E-state index < -0.39 is 0 Å². The fourth-order valence-corrected chi connectivity index (χ4v) is 2.84. The second kappa shape index (κ2) is 7.25. The van der Waals surface area contributed by atoms with Gasteiger partial charge in [0.1, 0.15) is 5.75 Å². The fourth-order valence-electron chi connectivity index (χ4n) is 2.71. The Bertz CT molecular complexity index is 1090. The summed E-state index contributed by atoms with van der Waals surface area (Å²) in [5.41, 5.74) is 2.23. The predicted molar refractivity (Wildman–Crippen MR) is 103 cm³/mol. The van der Waals surface area contributed by atoms with E-state index in [1.54, 1.807) is 19.2 Å². The second-order valence-corrected chi connectivity index (χ2v) is 6.20. The first-order chi connectivity index (χ1) is 13.2. The van der Waals surface area contributed by atoms with E-state index in [0.717, 1.165) is 22.2 Å². The average molecular weight is 382 g/mol. The Kier molecular flexibility index (Phi) is 4.64. The summed E-state index contributed by atoms with van der Waals surface area (Å²) in [5.74, 6) is 2.00. The molecule has 2 aromatic carbocycles. The van der Waals surface area contributed by atoms with Crippen LogP contribution in [0.5, 0.6) is 11.6 Å². The Balaban J connectivity index is 1.81. The van der Waals surface area contributed by atoms with Crippen LogP contribution in [-0.2, 0) is 0 Å². The van der Waals surface area contributed by atoms with Gasteiger partial charge in [0.15, 0.2) is 0 Å². The molecule has 0 saturated heterocycles. The number of methoxy groups -OCH3 is 1. The van der Waals surface area contributed by atoms with E-state index in [4.69, 9.17) is 25.6 Å². The van der Waals surface area contributed by atoms with Crippen LogP contribution in [0.2, 0.25) is 5.02 Å². The highest BCUT2D eigenvalue weighted by Crippen LogP contribution is 2.33. The minimum atomic E-state index is 0.398. The van der Waals surface area contributed by atoms with Crippen molar-refractivity contribution in [1.29, 1.82) is 0 Å². The maximum Gasteiger partial charge on any atom is 0.258 e. The molecule has 0 unspecified atom stereocenters. The molecule has 27 heavy (non-hydrogen) atoms. The van der Waals surface area contributed by atoms with Gasteiger partial charge in [0.25, 0.3) is 5.89 Å². The van der Waals surface area contributed by atoms with Gasteiger partial charge in [-0.25, -0.2) is 4.98 Å². The lowest BCUT2D eigenvalue weighted by molar-refractivity contribution is 0.329. The van der Waals surface area contributed by atoms with Crippen LogP contribution < -0.4 is 9.47 Å². The Morgan fingerprint density at radius 1 is 1.04 bits per heavy atom. The molecule has 0 radical (unpaired) electrons. The van der Waals surface area contributed by atoms with Gasteiger partial charge in [-0.15, -0.1) is 0 Å². The van der Waals surface area contributed by atoms with Crippen LogP contribution in [-0.4, -0.2) is 28.8 Å². The van der Waals surface area contributed by atoms with E-state index in [2.05, 4.69) is 15.1 Å². The van der Waals surface area contributed by atoms with E-state index in [1.165, 1.54) is 0 Å². The van der Waals surface area contributed by atoms with Crippen LogP contribution in [0.15, 0.2) is 53.1 Å². The third kappa shape index (κ3) is 3.44. The number of hydrogen-bond donors (Lipinski definition) is 0. The standard InChI is InChI=1S/C20H16ClN3O3/c1-3-26-20-16(11-13-10-15(25-2)8-9-17(13)22-20)18-23-19(27-24-18)12-4-6-14(21)7-5-12/h4-11H,3H2,1-2H3. The molecule has 0 aliphatic rings. The zero-order valence-electron chi connectivity index (χ0n) is 14.8. The molecule has 0 saturated carbocycles. The first-order valence-electron chi connectivity index (χ1n) is 8.39. The molecule has 0 bridgehead atoms. The van der Waals surface area contributed by atoms with E-state index in [0.29, 0.717) is 34.8 Å². The summed E-state index contributed by atoms with van der Waals surface area (Å²) in [7, 11) is 1.63. The van der Waals surface area contributed by atoms with Crippen molar-refractivity contribution in [2.45, 2.75) is 6.92 Å². The molecule has 0 N–H and O–H groups in total. The normalized spacial score (nSPS) is 10.9. The zero-order valence-corrected chi connectivity index (χ0v) is 15.5. The Hall–Kier alpha value is -3.12. The maximum atomic E-state index is 5.93. The molecule has 0 fully saturated rings. The monoisotopic (exact) mass is 381 g/mol. The number of aromatic nitrogens is 3. The lowest BCUT2D eigenvalue weighted by Gasteiger charge is -2.09. The smallest absolute Gasteiger partial charge is 0.258 e. The molecule has 4 rings (SSSR count). The number of benzene rings is 2. The van der Waals surface area contributed by atoms with Crippen molar-refractivity contribution in [3.05, 3.63) is 53.6 Å². The Labute approximate surface area is 160 Å². The van der Waals surface area contributed by atoms with Gasteiger partial charge in [0.05, 0.1) is 24.8 Å². The van der Waals surface area contributed by atoms with Crippen LogP contribution in [0.1, 0.15) is 6.92 Å². The second-order valence-electron chi connectivity index (χ2n) is 5.76. The van der Waals surface area contributed by atoms with Crippen LogP contribution in [0, 0.1) is 0 Å².